The molecule has 0 radical (unpaired) electrons. The first-order chi connectivity index (χ1) is 15.0. The lowest BCUT2D eigenvalue weighted by atomic mass is 10.2. The lowest BCUT2D eigenvalue weighted by Crippen LogP contribution is -2.18. The summed E-state index contributed by atoms with van der Waals surface area (Å²) in [5.41, 5.74) is 1.16. The van der Waals surface area contributed by atoms with Crippen LogP contribution >= 0.6 is 15.9 Å². The van der Waals surface area contributed by atoms with Crippen LogP contribution in [-0.2, 0) is 9.53 Å². The molecule has 0 aliphatic heterocycles. The Morgan fingerprint density at radius 1 is 0.839 bits per heavy atom. The van der Waals surface area contributed by atoms with Crippen molar-refractivity contribution in [2.24, 2.45) is 0 Å². The van der Waals surface area contributed by atoms with Crippen molar-refractivity contribution in [2.45, 2.75) is 6.92 Å². The fraction of sp³-hybridized carbons (Fsp3) is 0.167. The van der Waals surface area contributed by atoms with E-state index in [1.54, 1.807) is 24.3 Å². The number of halogens is 1. The van der Waals surface area contributed by atoms with Crippen LogP contribution in [0.2, 0.25) is 0 Å². The SMILES string of the molecule is Cc1cc(Br)ccc1OCC(=O)Oc1cccc(C(=O)OCCOc2ccccc2)c1. The number of rotatable bonds is 9. The highest BCUT2D eigenvalue weighted by Gasteiger charge is 2.12. The molecular weight excluding hydrogens is 464 g/mol. The van der Waals surface area contributed by atoms with Crippen LogP contribution in [0.3, 0.4) is 0 Å². The molecule has 0 atom stereocenters. The summed E-state index contributed by atoms with van der Waals surface area (Å²) in [5.74, 6) is 0.416. The highest BCUT2D eigenvalue weighted by Crippen LogP contribution is 2.22. The smallest absolute Gasteiger partial charge is 0.349 e. The summed E-state index contributed by atoms with van der Waals surface area (Å²) in [7, 11) is 0. The van der Waals surface area contributed by atoms with Gasteiger partial charge >= 0.3 is 11.9 Å². The minimum Gasteiger partial charge on any atom is -0.490 e. The van der Waals surface area contributed by atoms with Gasteiger partial charge in [0, 0.05) is 4.47 Å². The number of benzene rings is 3. The fourth-order valence-electron chi connectivity index (χ4n) is 2.65. The molecule has 0 aliphatic rings. The van der Waals surface area contributed by atoms with Gasteiger partial charge in [0.05, 0.1) is 5.56 Å². The Kier molecular flexibility index (Phi) is 8.06. The van der Waals surface area contributed by atoms with E-state index in [1.165, 1.54) is 6.07 Å². The van der Waals surface area contributed by atoms with Crippen LogP contribution < -0.4 is 14.2 Å². The Morgan fingerprint density at radius 2 is 1.61 bits per heavy atom. The average molecular weight is 485 g/mol. The third-order valence-corrected chi connectivity index (χ3v) is 4.61. The first kappa shape index (κ1) is 22.4. The van der Waals surface area contributed by atoms with E-state index in [-0.39, 0.29) is 31.1 Å². The van der Waals surface area contributed by atoms with Crippen LogP contribution in [0, 0.1) is 6.92 Å². The first-order valence-electron chi connectivity index (χ1n) is 9.56. The molecule has 6 nitrogen and oxygen atoms in total. The van der Waals surface area contributed by atoms with E-state index in [0.717, 1.165) is 10.0 Å². The van der Waals surface area contributed by atoms with Crippen molar-refractivity contribution in [3.8, 4) is 17.2 Å². The third-order valence-electron chi connectivity index (χ3n) is 4.11. The van der Waals surface area contributed by atoms with E-state index in [9.17, 15) is 9.59 Å². The number of aryl methyl sites for hydroxylation is 1. The Bertz CT molecular complexity index is 1040. The van der Waals surface area contributed by atoms with Crippen molar-refractivity contribution in [1.29, 1.82) is 0 Å². The standard InChI is InChI=1S/C24H21BrO6/c1-17-14-19(25)10-11-22(17)30-16-23(26)31-21-9-5-6-18(15-21)24(27)29-13-12-28-20-7-3-2-4-8-20/h2-11,14-15H,12-13,16H2,1H3. The minimum atomic E-state index is -0.580. The topological polar surface area (TPSA) is 71.1 Å². The number of para-hydroxylation sites is 1. The lowest BCUT2D eigenvalue weighted by molar-refractivity contribution is -0.136. The van der Waals surface area contributed by atoms with Crippen molar-refractivity contribution in [3.63, 3.8) is 0 Å². The average Bonchev–Trinajstić information content (AvgIpc) is 2.77. The summed E-state index contributed by atoms with van der Waals surface area (Å²) >= 11 is 3.38. The molecule has 0 spiro atoms. The summed E-state index contributed by atoms with van der Waals surface area (Å²) < 4.78 is 22.4. The summed E-state index contributed by atoms with van der Waals surface area (Å²) in [6, 6.07) is 21.0. The molecule has 3 aromatic carbocycles. The van der Waals surface area contributed by atoms with Gasteiger partial charge in [-0.3, -0.25) is 0 Å². The van der Waals surface area contributed by atoms with Gasteiger partial charge in [-0.25, -0.2) is 9.59 Å². The molecule has 0 N–H and O–H groups in total. The largest absolute Gasteiger partial charge is 0.490 e. The molecule has 31 heavy (non-hydrogen) atoms. The maximum atomic E-state index is 12.2. The summed E-state index contributed by atoms with van der Waals surface area (Å²) in [5, 5.41) is 0. The molecule has 160 valence electrons. The van der Waals surface area contributed by atoms with E-state index in [2.05, 4.69) is 15.9 Å². The quantitative estimate of drug-likeness (QED) is 0.242. The number of esters is 2. The van der Waals surface area contributed by atoms with Crippen molar-refractivity contribution >= 4 is 27.9 Å². The zero-order valence-corrected chi connectivity index (χ0v) is 18.5. The Morgan fingerprint density at radius 3 is 2.39 bits per heavy atom. The predicted molar refractivity (Wildman–Crippen MR) is 119 cm³/mol. The van der Waals surface area contributed by atoms with Gasteiger partial charge in [-0.15, -0.1) is 0 Å². The molecule has 0 bridgehead atoms. The van der Waals surface area contributed by atoms with Crippen molar-refractivity contribution in [2.75, 3.05) is 19.8 Å². The van der Waals surface area contributed by atoms with Crippen LogP contribution in [0.25, 0.3) is 0 Å². The second kappa shape index (κ2) is 11.2. The van der Waals surface area contributed by atoms with Gasteiger partial charge in [-0.05, 0) is 61.0 Å². The van der Waals surface area contributed by atoms with E-state index >= 15 is 0 Å². The van der Waals surface area contributed by atoms with Gasteiger partial charge in [0.2, 0.25) is 0 Å². The monoisotopic (exact) mass is 484 g/mol. The molecule has 0 saturated heterocycles. The van der Waals surface area contributed by atoms with Gasteiger partial charge < -0.3 is 18.9 Å². The van der Waals surface area contributed by atoms with Crippen molar-refractivity contribution in [3.05, 3.63) is 88.4 Å². The lowest BCUT2D eigenvalue weighted by Gasteiger charge is -2.10. The number of carbonyl (C=O) groups excluding carboxylic acids is 2. The number of ether oxygens (including phenoxy) is 4. The molecule has 0 heterocycles. The zero-order valence-electron chi connectivity index (χ0n) is 16.9. The van der Waals surface area contributed by atoms with Gasteiger partial charge in [0.15, 0.2) is 6.61 Å². The highest BCUT2D eigenvalue weighted by atomic mass is 79.9. The molecule has 0 saturated carbocycles. The van der Waals surface area contributed by atoms with Crippen LogP contribution in [0.15, 0.2) is 77.3 Å². The maximum absolute atomic E-state index is 12.2. The van der Waals surface area contributed by atoms with Gasteiger partial charge in [-0.2, -0.15) is 0 Å². The zero-order chi connectivity index (χ0) is 22.1. The first-order valence-corrected chi connectivity index (χ1v) is 10.4. The normalized spacial score (nSPS) is 10.3. The summed E-state index contributed by atoms with van der Waals surface area (Å²) in [4.78, 5) is 24.3. The van der Waals surface area contributed by atoms with E-state index in [1.807, 2.05) is 49.4 Å². The molecule has 0 fully saturated rings. The van der Waals surface area contributed by atoms with E-state index in [0.29, 0.717) is 11.5 Å². The molecule has 0 unspecified atom stereocenters. The molecule has 0 aromatic heterocycles. The molecular formula is C24H21BrO6. The van der Waals surface area contributed by atoms with Gasteiger partial charge in [-0.1, -0.05) is 40.2 Å². The van der Waals surface area contributed by atoms with Gasteiger partial charge in [0.25, 0.3) is 0 Å². The van der Waals surface area contributed by atoms with Gasteiger partial charge in [0.1, 0.15) is 30.5 Å². The highest BCUT2D eigenvalue weighted by molar-refractivity contribution is 9.10. The second-order valence-corrected chi connectivity index (χ2v) is 7.41. The number of hydrogen-bond acceptors (Lipinski definition) is 6. The molecule has 0 amide bonds. The molecule has 7 heteroatoms. The van der Waals surface area contributed by atoms with Crippen LogP contribution in [0.5, 0.6) is 17.2 Å². The van der Waals surface area contributed by atoms with E-state index < -0.39 is 11.9 Å². The number of carbonyl (C=O) groups is 2. The maximum Gasteiger partial charge on any atom is 0.349 e. The predicted octanol–water partition coefficient (Wildman–Crippen LogP) is 4.98. The minimum absolute atomic E-state index is 0.0954. The number of hydrogen-bond donors (Lipinski definition) is 0. The second-order valence-electron chi connectivity index (χ2n) is 6.50. The molecule has 3 aromatic rings. The molecule has 3 rings (SSSR count). The van der Waals surface area contributed by atoms with Crippen molar-refractivity contribution < 1.29 is 28.5 Å². The van der Waals surface area contributed by atoms with Crippen LogP contribution in [0.1, 0.15) is 15.9 Å². The third kappa shape index (κ3) is 7.15. The Balaban J connectivity index is 1.46. The van der Waals surface area contributed by atoms with Crippen LogP contribution in [-0.4, -0.2) is 31.8 Å². The summed E-state index contributed by atoms with van der Waals surface area (Å²) in [6.45, 7) is 1.95. The Hall–Kier alpha value is -3.32. The summed E-state index contributed by atoms with van der Waals surface area (Å²) in [6.07, 6.45) is 0. The molecule has 0 aliphatic carbocycles. The fourth-order valence-corrected chi connectivity index (χ4v) is 3.13. The van der Waals surface area contributed by atoms with E-state index in [4.69, 9.17) is 18.9 Å². The van der Waals surface area contributed by atoms with Crippen LogP contribution in [0.4, 0.5) is 0 Å². The Labute approximate surface area is 188 Å². The van der Waals surface area contributed by atoms with Crippen molar-refractivity contribution in [1.82, 2.24) is 0 Å².